The van der Waals surface area contributed by atoms with Gasteiger partial charge in [-0.25, -0.2) is 0 Å². The molecule has 2 rings (SSSR count). The molecule has 1 unspecified atom stereocenters. The second kappa shape index (κ2) is 12.9. The highest BCUT2D eigenvalue weighted by molar-refractivity contribution is 5.97. The zero-order valence-corrected chi connectivity index (χ0v) is 16.6. The molecule has 0 fully saturated rings. The van der Waals surface area contributed by atoms with Crippen LogP contribution < -0.4 is 26.4 Å². The number of phenolic OH excluding ortho intramolecular Hbond substituents is 1. The average Bonchev–Trinajstić information content (AvgIpc) is 2.64. The van der Waals surface area contributed by atoms with E-state index in [1.54, 1.807) is 6.07 Å². The van der Waals surface area contributed by atoms with E-state index in [1.165, 1.54) is 12.1 Å². The summed E-state index contributed by atoms with van der Waals surface area (Å²) < 4.78 is 5.51. The number of guanidine groups is 1. The third-order valence-corrected chi connectivity index (χ3v) is 3.57. The molecule has 7 N–H and O–H groups in total. The molecule has 1 heterocycles. The zero-order chi connectivity index (χ0) is 18.9. The number of nitrogens with zero attached hydrogens (tertiary/aromatic N) is 1. The fourth-order valence-electron chi connectivity index (χ4n) is 2.17. The van der Waals surface area contributed by atoms with Crippen molar-refractivity contribution < 1.29 is 24.5 Å². The van der Waals surface area contributed by atoms with Gasteiger partial charge in [-0.2, -0.15) is 0 Å². The zero-order valence-electron chi connectivity index (χ0n) is 15.0. The Morgan fingerprint density at radius 1 is 1.36 bits per heavy atom. The summed E-state index contributed by atoms with van der Waals surface area (Å²) in [6.45, 7) is 2.32. The molecule has 1 aromatic rings. The van der Waals surface area contributed by atoms with Crippen LogP contribution >= 0.6 is 24.8 Å². The number of ether oxygens (including phenoxy) is 1. The minimum atomic E-state index is -1.22. The van der Waals surface area contributed by atoms with E-state index in [-0.39, 0.29) is 42.7 Å². The topological polar surface area (TPSA) is 158 Å². The Bertz CT molecular complexity index is 689. The van der Waals surface area contributed by atoms with Crippen LogP contribution in [0.25, 0.3) is 0 Å². The Labute approximate surface area is 174 Å². The Kier molecular flexibility index (Phi) is 11.8. The highest BCUT2D eigenvalue weighted by Crippen LogP contribution is 2.23. The van der Waals surface area contributed by atoms with Gasteiger partial charge in [0.2, 0.25) is 0 Å². The highest BCUT2D eigenvalue weighted by Gasteiger charge is 2.16. The van der Waals surface area contributed by atoms with Crippen LogP contribution in [0.4, 0.5) is 0 Å². The summed E-state index contributed by atoms with van der Waals surface area (Å²) in [6, 6.07) is 3.05. The predicted molar refractivity (Wildman–Crippen MR) is 109 cm³/mol. The maximum Gasteiger partial charge on any atom is 0.322 e. The van der Waals surface area contributed by atoms with E-state index in [0.717, 1.165) is 25.5 Å². The molecule has 0 radical (unpaired) electrons. The van der Waals surface area contributed by atoms with Gasteiger partial charge in [-0.15, -0.1) is 24.8 Å². The molecule has 0 bridgehead atoms. The molecule has 1 amide bonds. The summed E-state index contributed by atoms with van der Waals surface area (Å²) in [5, 5.41) is 27.2. The van der Waals surface area contributed by atoms with Gasteiger partial charge in [-0.3, -0.25) is 14.6 Å². The number of aromatic hydroxyl groups is 1. The van der Waals surface area contributed by atoms with Crippen LogP contribution in [0, 0.1) is 0 Å². The number of nitrogens with one attached hydrogen (secondary N) is 3. The third-order valence-electron chi connectivity index (χ3n) is 3.57. The number of carboxylic acid groups (broad SMARTS) is 1. The number of halogens is 2. The smallest absolute Gasteiger partial charge is 0.322 e. The lowest BCUT2D eigenvalue weighted by atomic mass is 10.1. The Morgan fingerprint density at radius 3 is 2.71 bits per heavy atom. The van der Waals surface area contributed by atoms with Crippen molar-refractivity contribution in [2.45, 2.75) is 12.5 Å². The van der Waals surface area contributed by atoms with Crippen molar-refractivity contribution >= 4 is 42.7 Å². The van der Waals surface area contributed by atoms with Gasteiger partial charge >= 0.3 is 5.97 Å². The van der Waals surface area contributed by atoms with Gasteiger partial charge in [0.05, 0.1) is 12.1 Å². The van der Waals surface area contributed by atoms with Crippen molar-refractivity contribution in [3.05, 3.63) is 23.8 Å². The van der Waals surface area contributed by atoms with Gasteiger partial charge in [-0.05, 0) is 18.6 Å². The second-order valence-corrected chi connectivity index (χ2v) is 5.62. The number of hydrogen-bond donors (Lipinski definition) is 6. The van der Waals surface area contributed by atoms with Gasteiger partial charge in [0, 0.05) is 25.7 Å². The highest BCUT2D eigenvalue weighted by atomic mass is 35.5. The summed E-state index contributed by atoms with van der Waals surface area (Å²) >= 11 is 0. The number of hydrogen-bond acceptors (Lipinski definition) is 8. The molecule has 158 valence electrons. The van der Waals surface area contributed by atoms with Crippen LogP contribution in [0.15, 0.2) is 23.2 Å². The maximum absolute atomic E-state index is 11.9. The van der Waals surface area contributed by atoms with Crippen LogP contribution in [0.5, 0.6) is 11.5 Å². The number of aliphatic imine (C=N–C) groups is 1. The van der Waals surface area contributed by atoms with Crippen LogP contribution in [0.2, 0.25) is 0 Å². The molecule has 0 spiro atoms. The molecule has 0 saturated heterocycles. The van der Waals surface area contributed by atoms with E-state index in [4.69, 9.17) is 15.6 Å². The number of carbonyl (C=O) groups excluding carboxylic acids is 1. The Balaban J connectivity index is 0.00000364. The van der Waals surface area contributed by atoms with Gasteiger partial charge in [-0.1, -0.05) is 0 Å². The van der Waals surface area contributed by atoms with E-state index in [9.17, 15) is 14.7 Å². The van der Waals surface area contributed by atoms with Crippen molar-refractivity contribution in [2.24, 2.45) is 10.7 Å². The number of nitrogens with two attached hydrogens (primary N) is 1. The molecular formula is C16H25Cl2N5O5. The van der Waals surface area contributed by atoms with Crippen molar-refractivity contribution in [2.75, 3.05) is 32.8 Å². The SMILES string of the molecule is Cl.Cl.NC(CNC(=O)c1ccc(OCCNC2=NCCCN2)cc1O)C(=O)O. The fraction of sp³-hybridized carbons (Fsp3) is 0.438. The predicted octanol–water partition coefficient (Wildman–Crippen LogP) is -0.305. The third kappa shape index (κ3) is 8.07. The summed E-state index contributed by atoms with van der Waals surface area (Å²) in [5.41, 5.74) is 5.32. The normalized spacial score (nSPS) is 13.5. The Morgan fingerprint density at radius 2 is 2.11 bits per heavy atom. The first-order chi connectivity index (χ1) is 12.5. The molecule has 0 saturated carbocycles. The molecule has 10 nitrogen and oxygen atoms in total. The molecule has 0 aliphatic carbocycles. The number of amides is 1. The van der Waals surface area contributed by atoms with Crippen molar-refractivity contribution in [3.63, 3.8) is 0 Å². The standard InChI is InChI=1S/C16H23N5O5.2ClH/c17-12(15(24)25)9-21-14(23)11-3-2-10(8-13(11)22)26-7-6-20-16-18-4-1-5-19-16;;/h2-3,8,12,22H,1,4-7,9,17H2,(H,21,23)(H,24,25)(H2,18,19,20);2*1H. The first-order valence-electron chi connectivity index (χ1n) is 8.22. The van der Waals surface area contributed by atoms with E-state index in [1.807, 2.05) is 0 Å². The van der Waals surface area contributed by atoms with Crippen molar-refractivity contribution in [1.29, 1.82) is 0 Å². The maximum atomic E-state index is 11.9. The minimum absolute atomic E-state index is 0. The number of carboxylic acids is 1. The van der Waals surface area contributed by atoms with Gasteiger partial charge in [0.25, 0.3) is 5.91 Å². The summed E-state index contributed by atoms with van der Waals surface area (Å²) in [7, 11) is 0. The number of phenols is 1. The lowest BCUT2D eigenvalue weighted by molar-refractivity contribution is -0.138. The molecule has 28 heavy (non-hydrogen) atoms. The number of aliphatic carboxylic acids is 1. The van der Waals surface area contributed by atoms with Gasteiger partial charge in [0.15, 0.2) is 5.96 Å². The lowest BCUT2D eigenvalue weighted by Crippen LogP contribution is -2.42. The quantitative estimate of drug-likeness (QED) is 0.302. The molecule has 1 aliphatic rings. The van der Waals surface area contributed by atoms with Crippen LogP contribution in [-0.2, 0) is 4.79 Å². The summed E-state index contributed by atoms with van der Waals surface area (Å²) in [4.78, 5) is 26.8. The average molecular weight is 438 g/mol. The van der Waals surface area contributed by atoms with Gasteiger partial charge < -0.3 is 36.6 Å². The lowest BCUT2D eigenvalue weighted by Gasteiger charge is -2.16. The first-order valence-corrected chi connectivity index (χ1v) is 8.22. The fourth-order valence-corrected chi connectivity index (χ4v) is 2.17. The molecule has 1 aliphatic heterocycles. The van der Waals surface area contributed by atoms with E-state index < -0.39 is 17.9 Å². The number of benzene rings is 1. The molecule has 0 aromatic heterocycles. The first kappa shape index (κ1) is 25.6. The van der Waals surface area contributed by atoms with Crippen molar-refractivity contribution in [1.82, 2.24) is 16.0 Å². The molecule has 1 aromatic carbocycles. The molecular weight excluding hydrogens is 413 g/mol. The number of carbonyl (C=O) groups is 2. The van der Waals surface area contributed by atoms with Crippen LogP contribution in [-0.4, -0.2) is 66.9 Å². The molecule has 1 atom stereocenters. The van der Waals surface area contributed by atoms with Crippen LogP contribution in [0.1, 0.15) is 16.8 Å². The molecule has 12 heteroatoms. The summed E-state index contributed by atoms with van der Waals surface area (Å²) in [5.74, 6) is -0.957. The Hall–Kier alpha value is -2.43. The van der Waals surface area contributed by atoms with E-state index in [0.29, 0.717) is 18.9 Å². The van der Waals surface area contributed by atoms with Gasteiger partial charge in [0.1, 0.15) is 24.1 Å². The van der Waals surface area contributed by atoms with Crippen LogP contribution in [0.3, 0.4) is 0 Å². The van der Waals surface area contributed by atoms with Crippen molar-refractivity contribution in [3.8, 4) is 11.5 Å². The largest absolute Gasteiger partial charge is 0.507 e. The minimum Gasteiger partial charge on any atom is -0.507 e. The van der Waals surface area contributed by atoms with E-state index >= 15 is 0 Å². The van der Waals surface area contributed by atoms with E-state index in [2.05, 4.69) is 20.9 Å². The second-order valence-electron chi connectivity index (χ2n) is 5.62. The monoisotopic (exact) mass is 437 g/mol. The number of rotatable bonds is 8. The summed E-state index contributed by atoms with van der Waals surface area (Å²) in [6.07, 6.45) is 1.02.